The average molecular weight is 193 g/mol. The summed E-state index contributed by atoms with van der Waals surface area (Å²) >= 11 is 0. The van der Waals surface area contributed by atoms with Crippen LogP contribution in [0.25, 0.3) is 0 Å². The van der Waals surface area contributed by atoms with E-state index in [2.05, 4.69) is 34.9 Å². The fraction of sp³-hybridized carbons (Fsp3) is 0.727. The molecule has 1 unspecified atom stereocenters. The molecule has 3 heteroatoms. The summed E-state index contributed by atoms with van der Waals surface area (Å²) < 4.78 is 2.28. The Kier molecular flexibility index (Phi) is 2.59. The van der Waals surface area contributed by atoms with Crippen molar-refractivity contribution in [2.75, 3.05) is 6.54 Å². The zero-order valence-electron chi connectivity index (χ0n) is 9.08. The Bertz CT molecular complexity index is 297. The molecule has 0 spiro atoms. The molecule has 0 bridgehead atoms. The maximum Gasteiger partial charge on any atom is 0.128 e. The molecule has 1 aliphatic heterocycles. The summed E-state index contributed by atoms with van der Waals surface area (Å²) in [5.74, 6) is 1.21. The number of hydrogen-bond donors (Lipinski definition) is 1. The molecule has 2 rings (SSSR count). The monoisotopic (exact) mass is 193 g/mol. The number of aromatic nitrogens is 2. The number of nitrogens with zero attached hydrogens (tertiary/aromatic N) is 2. The minimum Gasteiger partial charge on any atom is -0.333 e. The van der Waals surface area contributed by atoms with Crippen LogP contribution in [0.15, 0.2) is 12.4 Å². The second-order valence-corrected chi connectivity index (χ2v) is 4.31. The SMILES string of the molecule is CCCn1ccnc1C1(C)CCCN1. The van der Waals surface area contributed by atoms with Gasteiger partial charge in [0.1, 0.15) is 5.82 Å². The molecule has 0 aliphatic carbocycles. The zero-order chi connectivity index (χ0) is 10.0. The Morgan fingerprint density at radius 2 is 2.50 bits per heavy atom. The molecule has 1 atom stereocenters. The normalized spacial score (nSPS) is 27.0. The van der Waals surface area contributed by atoms with Gasteiger partial charge < -0.3 is 9.88 Å². The summed E-state index contributed by atoms with van der Waals surface area (Å²) in [7, 11) is 0. The highest BCUT2D eigenvalue weighted by Crippen LogP contribution is 2.28. The minimum atomic E-state index is 0.110. The summed E-state index contributed by atoms with van der Waals surface area (Å²) in [6.45, 7) is 6.66. The van der Waals surface area contributed by atoms with E-state index in [0.29, 0.717) is 0 Å². The van der Waals surface area contributed by atoms with E-state index in [0.717, 1.165) is 13.1 Å². The van der Waals surface area contributed by atoms with Crippen molar-refractivity contribution in [3.05, 3.63) is 18.2 Å². The van der Waals surface area contributed by atoms with Crippen LogP contribution in [0.4, 0.5) is 0 Å². The molecule has 3 nitrogen and oxygen atoms in total. The van der Waals surface area contributed by atoms with Gasteiger partial charge in [0, 0.05) is 18.9 Å². The molecule has 2 heterocycles. The molecule has 0 aromatic carbocycles. The van der Waals surface area contributed by atoms with Gasteiger partial charge in [0.25, 0.3) is 0 Å². The van der Waals surface area contributed by atoms with Crippen LogP contribution >= 0.6 is 0 Å². The first-order valence-corrected chi connectivity index (χ1v) is 5.53. The molecule has 78 valence electrons. The fourth-order valence-electron chi connectivity index (χ4n) is 2.30. The predicted octanol–water partition coefficient (Wildman–Crippen LogP) is 1.89. The van der Waals surface area contributed by atoms with Crippen LogP contribution in [0, 0.1) is 0 Å². The Morgan fingerprint density at radius 3 is 3.14 bits per heavy atom. The third-order valence-corrected chi connectivity index (χ3v) is 3.04. The van der Waals surface area contributed by atoms with Gasteiger partial charge in [-0.15, -0.1) is 0 Å². The second kappa shape index (κ2) is 3.73. The lowest BCUT2D eigenvalue weighted by atomic mass is 9.99. The van der Waals surface area contributed by atoms with E-state index in [4.69, 9.17) is 0 Å². The topological polar surface area (TPSA) is 29.9 Å². The quantitative estimate of drug-likeness (QED) is 0.794. The number of rotatable bonds is 3. The number of imidazole rings is 1. The maximum atomic E-state index is 4.49. The van der Waals surface area contributed by atoms with Gasteiger partial charge in [-0.2, -0.15) is 0 Å². The molecule has 1 N–H and O–H groups in total. The smallest absolute Gasteiger partial charge is 0.128 e. The van der Waals surface area contributed by atoms with Crippen molar-refractivity contribution in [1.29, 1.82) is 0 Å². The number of nitrogens with one attached hydrogen (secondary N) is 1. The minimum absolute atomic E-state index is 0.110. The highest BCUT2D eigenvalue weighted by molar-refractivity contribution is 5.09. The van der Waals surface area contributed by atoms with Crippen molar-refractivity contribution >= 4 is 0 Å². The van der Waals surface area contributed by atoms with E-state index < -0.39 is 0 Å². The standard InChI is InChI=1S/C11H19N3/c1-3-8-14-9-7-12-10(14)11(2)5-4-6-13-11/h7,9,13H,3-6,8H2,1-2H3. The van der Waals surface area contributed by atoms with Crippen LogP contribution in [-0.2, 0) is 12.1 Å². The maximum absolute atomic E-state index is 4.49. The van der Waals surface area contributed by atoms with Crippen molar-refractivity contribution in [3.8, 4) is 0 Å². The van der Waals surface area contributed by atoms with Gasteiger partial charge in [0.15, 0.2) is 0 Å². The molecule has 14 heavy (non-hydrogen) atoms. The molecule has 0 radical (unpaired) electrons. The first kappa shape index (κ1) is 9.71. The molecule has 1 aromatic rings. The Balaban J connectivity index is 2.25. The second-order valence-electron chi connectivity index (χ2n) is 4.31. The molecule has 0 saturated carbocycles. The average Bonchev–Trinajstić information content (AvgIpc) is 2.75. The zero-order valence-corrected chi connectivity index (χ0v) is 9.08. The van der Waals surface area contributed by atoms with Crippen LogP contribution in [0.1, 0.15) is 38.9 Å². The Morgan fingerprint density at radius 1 is 1.64 bits per heavy atom. The van der Waals surface area contributed by atoms with Crippen molar-refractivity contribution in [2.45, 2.75) is 45.2 Å². The van der Waals surface area contributed by atoms with E-state index in [1.54, 1.807) is 0 Å². The van der Waals surface area contributed by atoms with Crippen molar-refractivity contribution in [2.24, 2.45) is 0 Å². The molecule has 1 aromatic heterocycles. The van der Waals surface area contributed by atoms with Crippen LogP contribution in [0.2, 0.25) is 0 Å². The van der Waals surface area contributed by atoms with Crippen molar-refractivity contribution in [1.82, 2.24) is 14.9 Å². The lowest BCUT2D eigenvalue weighted by Gasteiger charge is -2.24. The summed E-state index contributed by atoms with van der Waals surface area (Å²) in [6.07, 6.45) is 7.63. The van der Waals surface area contributed by atoms with Crippen molar-refractivity contribution < 1.29 is 0 Å². The van der Waals surface area contributed by atoms with E-state index in [9.17, 15) is 0 Å². The first-order valence-electron chi connectivity index (χ1n) is 5.53. The third kappa shape index (κ3) is 1.57. The van der Waals surface area contributed by atoms with Gasteiger partial charge in [-0.25, -0.2) is 4.98 Å². The van der Waals surface area contributed by atoms with E-state index >= 15 is 0 Å². The van der Waals surface area contributed by atoms with E-state index in [-0.39, 0.29) is 5.54 Å². The van der Waals surface area contributed by atoms with Crippen LogP contribution < -0.4 is 5.32 Å². The summed E-state index contributed by atoms with van der Waals surface area (Å²) in [5.41, 5.74) is 0.110. The molecule has 1 saturated heterocycles. The fourth-order valence-corrected chi connectivity index (χ4v) is 2.30. The lowest BCUT2D eigenvalue weighted by molar-refractivity contribution is 0.385. The predicted molar refractivity (Wildman–Crippen MR) is 57.1 cm³/mol. The largest absolute Gasteiger partial charge is 0.333 e. The molecule has 1 fully saturated rings. The number of aryl methyl sites for hydroxylation is 1. The van der Waals surface area contributed by atoms with Crippen LogP contribution in [-0.4, -0.2) is 16.1 Å². The Labute approximate surface area is 85.5 Å². The summed E-state index contributed by atoms with van der Waals surface area (Å²) in [6, 6.07) is 0. The van der Waals surface area contributed by atoms with Gasteiger partial charge in [-0.05, 0) is 32.7 Å². The van der Waals surface area contributed by atoms with Gasteiger partial charge in [0.2, 0.25) is 0 Å². The van der Waals surface area contributed by atoms with Gasteiger partial charge >= 0.3 is 0 Å². The summed E-state index contributed by atoms with van der Waals surface area (Å²) in [4.78, 5) is 4.49. The lowest BCUT2D eigenvalue weighted by Crippen LogP contribution is -2.36. The molecule has 1 aliphatic rings. The summed E-state index contributed by atoms with van der Waals surface area (Å²) in [5, 5.41) is 3.55. The van der Waals surface area contributed by atoms with E-state index in [1.165, 1.54) is 25.1 Å². The van der Waals surface area contributed by atoms with E-state index in [1.807, 2.05) is 6.20 Å². The highest BCUT2D eigenvalue weighted by Gasteiger charge is 2.33. The van der Waals surface area contributed by atoms with Gasteiger partial charge in [0.05, 0.1) is 5.54 Å². The molecule has 0 amide bonds. The van der Waals surface area contributed by atoms with Crippen LogP contribution in [0.3, 0.4) is 0 Å². The third-order valence-electron chi connectivity index (χ3n) is 3.04. The van der Waals surface area contributed by atoms with Crippen LogP contribution in [0.5, 0.6) is 0 Å². The highest BCUT2D eigenvalue weighted by atomic mass is 15.1. The Hall–Kier alpha value is -0.830. The number of hydrogen-bond acceptors (Lipinski definition) is 2. The van der Waals surface area contributed by atoms with Crippen molar-refractivity contribution in [3.63, 3.8) is 0 Å². The first-order chi connectivity index (χ1) is 6.76. The van der Waals surface area contributed by atoms with Gasteiger partial charge in [-0.1, -0.05) is 6.92 Å². The molecular formula is C11H19N3. The molecular weight excluding hydrogens is 174 g/mol. The van der Waals surface area contributed by atoms with Gasteiger partial charge in [-0.3, -0.25) is 0 Å².